The number of hydrogen-bond donors (Lipinski definition) is 1. The Labute approximate surface area is 109 Å². The number of halogens is 1. The van der Waals surface area contributed by atoms with Crippen molar-refractivity contribution in [2.45, 2.75) is 12.3 Å². The molecule has 0 radical (unpaired) electrons. The van der Waals surface area contributed by atoms with Crippen LogP contribution in [0.2, 0.25) is 5.02 Å². The molecule has 1 fully saturated rings. The van der Waals surface area contributed by atoms with Crippen molar-refractivity contribution in [2.24, 2.45) is 5.92 Å². The van der Waals surface area contributed by atoms with Gasteiger partial charge in [0.1, 0.15) is 11.5 Å². The molecule has 3 nitrogen and oxygen atoms in total. The Kier molecular flexibility index (Phi) is 2.63. The van der Waals surface area contributed by atoms with Gasteiger partial charge in [-0.1, -0.05) is 11.6 Å². The Bertz CT molecular complexity index is 585. The van der Waals surface area contributed by atoms with Crippen LogP contribution in [0.1, 0.15) is 18.1 Å². The smallest absolute Gasteiger partial charge is 0.307 e. The van der Waals surface area contributed by atoms with Crippen molar-refractivity contribution in [1.82, 2.24) is 0 Å². The van der Waals surface area contributed by atoms with E-state index in [0.717, 1.165) is 17.1 Å². The lowest BCUT2D eigenvalue weighted by atomic mass is 10.2. The molecule has 1 aromatic heterocycles. The molecule has 2 aromatic rings. The van der Waals surface area contributed by atoms with Crippen LogP contribution in [0.25, 0.3) is 11.3 Å². The van der Waals surface area contributed by atoms with E-state index in [9.17, 15) is 4.79 Å². The van der Waals surface area contributed by atoms with Crippen LogP contribution in [-0.2, 0) is 4.79 Å². The van der Waals surface area contributed by atoms with Crippen LogP contribution >= 0.6 is 11.6 Å². The Morgan fingerprint density at radius 1 is 1.22 bits per heavy atom. The molecule has 0 aliphatic heterocycles. The van der Waals surface area contributed by atoms with Crippen molar-refractivity contribution in [3.63, 3.8) is 0 Å². The third-order valence-corrected chi connectivity index (χ3v) is 3.48. The van der Waals surface area contributed by atoms with Gasteiger partial charge in [-0.05, 0) is 42.8 Å². The van der Waals surface area contributed by atoms with Crippen LogP contribution in [0.3, 0.4) is 0 Å². The molecule has 92 valence electrons. The fourth-order valence-electron chi connectivity index (χ4n) is 2.10. The van der Waals surface area contributed by atoms with Crippen LogP contribution in [0, 0.1) is 5.92 Å². The van der Waals surface area contributed by atoms with Crippen LogP contribution in [0.5, 0.6) is 0 Å². The summed E-state index contributed by atoms with van der Waals surface area (Å²) in [5, 5.41) is 9.56. The van der Waals surface area contributed by atoms with Crippen molar-refractivity contribution in [2.75, 3.05) is 0 Å². The van der Waals surface area contributed by atoms with E-state index < -0.39 is 5.97 Å². The van der Waals surface area contributed by atoms with Crippen molar-refractivity contribution < 1.29 is 14.3 Å². The summed E-state index contributed by atoms with van der Waals surface area (Å²) in [7, 11) is 0. The predicted molar refractivity (Wildman–Crippen MR) is 67.6 cm³/mol. The van der Waals surface area contributed by atoms with Crippen LogP contribution in [0.15, 0.2) is 40.8 Å². The average molecular weight is 263 g/mol. The van der Waals surface area contributed by atoms with Crippen LogP contribution < -0.4 is 0 Å². The predicted octanol–water partition coefficient (Wildman–Crippen LogP) is 3.79. The van der Waals surface area contributed by atoms with E-state index in [1.165, 1.54) is 0 Å². The third-order valence-electron chi connectivity index (χ3n) is 3.23. The topological polar surface area (TPSA) is 50.4 Å². The molecular weight excluding hydrogens is 252 g/mol. The standard InChI is InChI=1S/C14H11ClO3/c15-9-3-1-8(2-4-9)12-5-6-13(18-12)10-7-11(10)14(16)17/h1-6,10-11H,7H2,(H,16,17)/t10-,11-/m1/s1. The van der Waals surface area contributed by atoms with E-state index in [0.29, 0.717) is 11.4 Å². The van der Waals surface area contributed by atoms with E-state index >= 15 is 0 Å². The summed E-state index contributed by atoms with van der Waals surface area (Å²) >= 11 is 5.82. The highest BCUT2D eigenvalue weighted by atomic mass is 35.5. The maximum absolute atomic E-state index is 10.8. The normalized spacial score (nSPS) is 21.8. The lowest BCUT2D eigenvalue weighted by Gasteiger charge is -1.97. The molecule has 2 atom stereocenters. The Morgan fingerprint density at radius 3 is 2.56 bits per heavy atom. The van der Waals surface area contributed by atoms with E-state index in [1.54, 1.807) is 12.1 Å². The van der Waals surface area contributed by atoms with Gasteiger partial charge in [0.05, 0.1) is 5.92 Å². The SMILES string of the molecule is O=C(O)[C@@H]1C[C@H]1c1ccc(-c2ccc(Cl)cc2)o1. The van der Waals surface area contributed by atoms with E-state index in [2.05, 4.69) is 0 Å². The van der Waals surface area contributed by atoms with Gasteiger partial charge in [-0.2, -0.15) is 0 Å². The summed E-state index contributed by atoms with van der Waals surface area (Å²) in [6.07, 6.45) is 0.670. The Hall–Kier alpha value is -1.74. The molecule has 1 aromatic carbocycles. The second-order valence-electron chi connectivity index (χ2n) is 4.50. The van der Waals surface area contributed by atoms with E-state index in [1.807, 2.05) is 24.3 Å². The number of rotatable bonds is 3. The maximum Gasteiger partial charge on any atom is 0.307 e. The maximum atomic E-state index is 10.8. The second-order valence-corrected chi connectivity index (χ2v) is 4.93. The van der Waals surface area contributed by atoms with E-state index in [4.69, 9.17) is 21.1 Å². The van der Waals surface area contributed by atoms with Gasteiger partial charge >= 0.3 is 5.97 Å². The molecule has 18 heavy (non-hydrogen) atoms. The summed E-state index contributed by atoms with van der Waals surface area (Å²) in [5.74, 6) is 0.507. The molecule has 0 amide bonds. The number of carbonyl (C=O) groups is 1. The first kappa shape index (κ1) is 11.4. The lowest BCUT2D eigenvalue weighted by molar-refractivity contribution is -0.138. The highest BCUT2D eigenvalue weighted by molar-refractivity contribution is 6.30. The molecule has 1 saturated carbocycles. The minimum Gasteiger partial charge on any atom is -0.481 e. The average Bonchev–Trinajstić information content (AvgIpc) is 3.02. The minimum absolute atomic E-state index is 0.0311. The first-order chi connectivity index (χ1) is 8.65. The zero-order chi connectivity index (χ0) is 12.7. The largest absolute Gasteiger partial charge is 0.481 e. The summed E-state index contributed by atoms with van der Waals surface area (Å²) in [4.78, 5) is 10.8. The highest BCUT2D eigenvalue weighted by Crippen LogP contribution is 2.48. The molecule has 0 spiro atoms. The van der Waals surface area contributed by atoms with Gasteiger partial charge in [0, 0.05) is 16.5 Å². The van der Waals surface area contributed by atoms with E-state index in [-0.39, 0.29) is 11.8 Å². The third kappa shape index (κ3) is 2.02. The Morgan fingerprint density at radius 2 is 1.94 bits per heavy atom. The highest BCUT2D eigenvalue weighted by Gasteiger charge is 2.46. The van der Waals surface area contributed by atoms with Crippen molar-refractivity contribution in [1.29, 1.82) is 0 Å². The number of aliphatic carboxylic acids is 1. The first-order valence-electron chi connectivity index (χ1n) is 5.73. The molecule has 0 saturated heterocycles. The minimum atomic E-state index is -0.746. The van der Waals surface area contributed by atoms with Crippen LogP contribution in [0.4, 0.5) is 0 Å². The van der Waals surface area contributed by atoms with Crippen molar-refractivity contribution >= 4 is 17.6 Å². The molecule has 1 aliphatic rings. The fraction of sp³-hybridized carbons (Fsp3) is 0.214. The summed E-state index contributed by atoms with van der Waals surface area (Å²) in [5.41, 5.74) is 0.943. The van der Waals surface area contributed by atoms with Crippen molar-refractivity contribution in [3.05, 3.63) is 47.2 Å². The van der Waals surface area contributed by atoms with Gasteiger partial charge in [-0.25, -0.2) is 0 Å². The number of furan rings is 1. The molecule has 1 heterocycles. The molecule has 1 N–H and O–H groups in total. The van der Waals surface area contributed by atoms with Crippen molar-refractivity contribution in [3.8, 4) is 11.3 Å². The van der Waals surface area contributed by atoms with Gasteiger partial charge in [0.15, 0.2) is 0 Å². The van der Waals surface area contributed by atoms with Gasteiger partial charge in [-0.15, -0.1) is 0 Å². The van der Waals surface area contributed by atoms with Gasteiger partial charge in [0.25, 0.3) is 0 Å². The monoisotopic (exact) mass is 262 g/mol. The second kappa shape index (κ2) is 4.18. The zero-order valence-corrected chi connectivity index (χ0v) is 10.2. The number of hydrogen-bond acceptors (Lipinski definition) is 2. The lowest BCUT2D eigenvalue weighted by Crippen LogP contribution is -1.98. The van der Waals surface area contributed by atoms with Gasteiger partial charge in [0.2, 0.25) is 0 Å². The fourth-order valence-corrected chi connectivity index (χ4v) is 2.23. The quantitative estimate of drug-likeness (QED) is 0.916. The Balaban J connectivity index is 1.82. The van der Waals surface area contributed by atoms with Crippen LogP contribution in [-0.4, -0.2) is 11.1 Å². The first-order valence-corrected chi connectivity index (χ1v) is 6.11. The molecule has 3 rings (SSSR count). The van der Waals surface area contributed by atoms with Gasteiger partial charge < -0.3 is 9.52 Å². The van der Waals surface area contributed by atoms with Gasteiger partial charge in [-0.3, -0.25) is 4.79 Å². The number of carboxylic acid groups (broad SMARTS) is 1. The molecule has 1 aliphatic carbocycles. The molecule has 4 heteroatoms. The molecular formula is C14H11ClO3. The summed E-state index contributed by atoms with van der Waals surface area (Å²) in [6, 6.07) is 11.1. The number of carboxylic acids is 1. The zero-order valence-electron chi connectivity index (χ0n) is 9.47. The number of benzene rings is 1. The summed E-state index contributed by atoms with van der Waals surface area (Å²) < 4.78 is 5.71. The summed E-state index contributed by atoms with van der Waals surface area (Å²) in [6.45, 7) is 0. The molecule has 0 bridgehead atoms. The molecule has 0 unspecified atom stereocenters.